The van der Waals surface area contributed by atoms with Crippen LogP contribution in [0.1, 0.15) is 24.0 Å². The lowest BCUT2D eigenvalue weighted by molar-refractivity contribution is -0.129. The zero-order chi connectivity index (χ0) is 12.8. The molecule has 0 aromatic heterocycles. The van der Waals surface area contributed by atoms with Crippen molar-refractivity contribution in [1.29, 1.82) is 0 Å². The molecule has 1 saturated heterocycles. The van der Waals surface area contributed by atoms with Gasteiger partial charge in [-0.1, -0.05) is 24.3 Å². The minimum absolute atomic E-state index is 0.0158. The Hall–Kier alpha value is -1.39. The summed E-state index contributed by atoms with van der Waals surface area (Å²) < 4.78 is 5.31. The van der Waals surface area contributed by atoms with Gasteiger partial charge in [0, 0.05) is 19.7 Å². The first-order chi connectivity index (χ1) is 8.79. The third kappa shape index (κ3) is 3.55. The summed E-state index contributed by atoms with van der Waals surface area (Å²) >= 11 is 0. The molecule has 1 amide bonds. The van der Waals surface area contributed by atoms with Crippen LogP contribution in [0.2, 0.25) is 0 Å². The van der Waals surface area contributed by atoms with Crippen molar-refractivity contribution in [3.8, 4) is 0 Å². The lowest BCUT2D eigenvalue weighted by atomic mass is 10.0. The number of nitrogens with one attached hydrogen (secondary N) is 1. The van der Waals surface area contributed by atoms with Gasteiger partial charge in [-0.15, -0.1) is 0 Å². The summed E-state index contributed by atoms with van der Waals surface area (Å²) in [6.07, 6.45) is 1.90. The molecular weight excluding hydrogens is 228 g/mol. The van der Waals surface area contributed by atoms with Gasteiger partial charge in [0.05, 0.1) is 12.5 Å². The highest BCUT2D eigenvalue weighted by atomic mass is 16.5. The molecule has 4 nitrogen and oxygen atoms in total. The van der Waals surface area contributed by atoms with Crippen molar-refractivity contribution in [3.05, 3.63) is 35.4 Å². The maximum absolute atomic E-state index is 11.9. The number of amides is 1. The van der Waals surface area contributed by atoms with E-state index in [-0.39, 0.29) is 11.8 Å². The second kappa shape index (κ2) is 6.52. The molecule has 98 valence electrons. The normalized spacial score (nSPS) is 19.5. The Morgan fingerprint density at radius 2 is 2.06 bits per heavy atom. The summed E-state index contributed by atoms with van der Waals surface area (Å²) in [6.45, 7) is 2.45. The van der Waals surface area contributed by atoms with Gasteiger partial charge in [0.1, 0.15) is 0 Å². The first kappa shape index (κ1) is 13.1. The van der Waals surface area contributed by atoms with Gasteiger partial charge in [0.2, 0.25) is 5.91 Å². The number of hydrogen-bond donors (Lipinski definition) is 2. The molecule has 1 heterocycles. The van der Waals surface area contributed by atoms with E-state index < -0.39 is 0 Å². The van der Waals surface area contributed by atoms with Crippen LogP contribution in [0, 0.1) is 5.92 Å². The molecule has 0 bridgehead atoms. The van der Waals surface area contributed by atoms with Gasteiger partial charge in [0.15, 0.2) is 0 Å². The van der Waals surface area contributed by atoms with Crippen molar-refractivity contribution >= 4 is 5.91 Å². The van der Waals surface area contributed by atoms with Crippen molar-refractivity contribution in [2.75, 3.05) is 13.2 Å². The molecule has 1 aliphatic rings. The summed E-state index contributed by atoms with van der Waals surface area (Å²) in [5.74, 6) is 0.111. The number of rotatable bonds is 4. The van der Waals surface area contributed by atoms with Crippen LogP contribution in [0.5, 0.6) is 0 Å². The van der Waals surface area contributed by atoms with Crippen molar-refractivity contribution in [1.82, 2.24) is 5.32 Å². The standard InChI is InChI=1S/C14H20N2O2/c15-8-11-3-5-12(6-4-11)9-16-14(17)13-2-1-7-18-10-13/h3-6,13H,1-2,7-10,15H2,(H,16,17). The van der Waals surface area contributed by atoms with Crippen molar-refractivity contribution < 1.29 is 9.53 Å². The van der Waals surface area contributed by atoms with Crippen LogP contribution < -0.4 is 11.1 Å². The van der Waals surface area contributed by atoms with E-state index in [1.807, 2.05) is 24.3 Å². The molecule has 2 rings (SSSR count). The van der Waals surface area contributed by atoms with Crippen LogP contribution in [-0.4, -0.2) is 19.1 Å². The molecule has 1 fully saturated rings. The first-order valence-electron chi connectivity index (χ1n) is 6.43. The number of carbonyl (C=O) groups excluding carboxylic acids is 1. The number of carbonyl (C=O) groups is 1. The SMILES string of the molecule is NCc1ccc(CNC(=O)C2CCCOC2)cc1. The molecule has 3 N–H and O–H groups in total. The Morgan fingerprint density at radius 3 is 2.67 bits per heavy atom. The molecule has 1 aliphatic heterocycles. The van der Waals surface area contributed by atoms with Gasteiger partial charge in [-0.2, -0.15) is 0 Å². The van der Waals surface area contributed by atoms with Gasteiger partial charge in [-0.3, -0.25) is 4.79 Å². The van der Waals surface area contributed by atoms with E-state index in [9.17, 15) is 4.79 Å². The van der Waals surface area contributed by atoms with E-state index in [0.717, 1.165) is 30.6 Å². The van der Waals surface area contributed by atoms with E-state index in [1.165, 1.54) is 0 Å². The van der Waals surface area contributed by atoms with Gasteiger partial charge in [0.25, 0.3) is 0 Å². The predicted molar refractivity (Wildman–Crippen MR) is 69.7 cm³/mol. The maximum atomic E-state index is 11.9. The smallest absolute Gasteiger partial charge is 0.225 e. The van der Waals surface area contributed by atoms with Gasteiger partial charge >= 0.3 is 0 Å². The Kier molecular flexibility index (Phi) is 4.73. The average molecular weight is 248 g/mol. The molecule has 0 aliphatic carbocycles. The van der Waals surface area contributed by atoms with Gasteiger partial charge in [-0.25, -0.2) is 0 Å². The van der Waals surface area contributed by atoms with Crippen LogP contribution in [-0.2, 0) is 22.6 Å². The Morgan fingerprint density at radius 1 is 1.33 bits per heavy atom. The number of ether oxygens (including phenoxy) is 1. The summed E-state index contributed by atoms with van der Waals surface area (Å²) in [5, 5.41) is 2.96. The second-order valence-corrected chi connectivity index (χ2v) is 4.65. The van der Waals surface area contributed by atoms with Crippen molar-refractivity contribution in [3.63, 3.8) is 0 Å². The first-order valence-corrected chi connectivity index (χ1v) is 6.43. The summed E-state index contributed by atoms with van der Waals surface area (Å²) in [4.78, 5) is 11.9. The lowest BCUT2D eigenvalue weighted by Gasteiger charge is -2.21. The topological polar surface area (TPSA) is 64.3 Å². The molecule has 1 aromatic carbocycles. The molecule has 18 heavy (non-hydrogen) atoms. The van der Waals surface area contributed by atoms with E-state index in [0.29, 0.717) is 19.7 Å². The largest absolute Gasteiger partial charge is 0.381 e. The van der Waals surface area contributed by atoms with Crippen LogP contribution in [0.15, 0.2) is 24.3 Å². The fourth-order valence-electron chi connectivity index (χ4n) is 2.07. The highest BCUT2D eigenvalue weighted by molar-refractivity contribution is 5.78. The molecule has 0 saturated carbocycles. The van der Waals surface area contributed by atoms with E-state index >= 15 is 0 Å². The molecule has 0 radical (unpaired) electrons. The fourth-order valence-corrected chi connectivity index (χ4v) is 2.07. The van der Waals surface area contributed by atoms with Gasteiger partial charge < -0.3 is 15.8 Å². The summed E-state index contributed by atoms with van der Waals surface area (Å²) in [7, 11) is 0. The maximum Gasteiger partial charge on any atom is 0.225 e. The van der Waals surface area contributed by atoms with E-state index in [4.69, 9.17) is 10.5 Å². The predicted octanol–water partition coefficient (Wildman–Crippen LogP) is 1.19. The Labute approximate surface area is 108 Å². The fraction of sp³-hybridized carbons (Fsp3) is 0.500. The summed E-state index contributed by atoms with van der Waals surface area (Å²) in [5.41, 5.74) is 7.73. The number of benzene rings is 1. The highest BCUT2D eigenvalue weighted by Gasteiger charge is 2.21. The lowest BCUT2D eigenvalue weighted by Crippen LogP contribution is -2.35. The van der Waals surface area contributed by atoms with Crippen LogP contribution in [0.25, 0.3) is 0 Å². The minimum atomic E-state index is 0.0158. The van der Waals surface area contributed by atoms with Crippen molar-refractivity contribution in [2.24, 2.45) is 11.7 Å². The third-order valence-electron chi connectivity index (χ3n) is 3.26. The van der Waals surface area contributed by atoms with Crippen molar-refractivity contribution in [2.45, 2.75) is 25.9 Å². The highest BCUT2D eigenvalue weighted by Crippen LogP contribution is 2.13. The molecule has 1 aromatic rings. The summed E-state index contributed by atoms with van der Waals surface area (Å²) in [6, 6.07) is 7.98. The van der Waals surface area contributed by atoms with E-state index in [2.05, 4.69) is 5.32 Å². The molecule has 0 spiro atoms. The number of hydrogen-bond acceptors (Lipinski definition) is 3. The van der Waals surface area contributed by atoms with Crippen LogP contribution in [0.4, 0.5) is 0 Å². The monoisotopic (exact) mass is 248 g/mol. The average Bonchev–Trinajstić information content (AvgIpc) is 2.46. The number of nitrogens with two attached hydrogens (primary N) is 1. The van der Waals surface area contributed by atoms with Crippen LogP contribution in [0.3, 0.4) is 0 Å². The third-order valence-corrected chi connectivity index (χ3v) is 3.26. The van der Waals surface area contributed by atoms with Crippen LogP contribution >= 0.6 is 0 Å². The zero-order valence-corrected chi connectivity index (χ0v) is 10.5. The zero-order valence-electron chi connectivity index (χ0n) is 10.5. The molecular formula is C14H20N2O2. The minimum Gasteiger partial charge on any atom is -0.381 e. The molecule has 4 heteroatoms. The molecule has 1 unspecified atom stereocenters. The Balaban J connectivity index is 1.80. The van der Waals surface area contributed by atoms with Gasteiger partial charge in [-0.05, 0) is 24.0 Å². The second-order valence-electron chi connectivity index (χ2n) is 4.65. The Bertz CT molecular complexity index is 383. The quantitative estimate of drug-likeness (QED) is 0.841. The van der Waals surface area contributed by atoms with E-state index in [1.54, 1.807) is 0 Å². The molecule has 1 atom stereocenters.